The van der Waals surface area contributed by atoms with Crippen LogP contribution < -0.4 is 9.47 Å². The molecule has 1 atom stereocenters. The maximum Gasteiger partial charge on any atom is 0.313 e. The van der Waals surface area contributed by atoms with Crippen LogP contribution >= 0.6 is 0 Å². The molecule has 1 saturated heterocycles. The van der Waals surface area contributed by atoms with Crippen molar-refractivity contribution in [3.05, 3.63) is 23.8 Å². The van der Waals surface area contributed by atoms with Crippen LogP contribution in [0.25, 0.3) is 0 Å². The van der Waals surface area contributed by atoms with Crippen LogP contribution in [0.3, 0.4) is 0 Å². The summed E-state index contributed by atoms with van der Waals surface area (Å²) >= 11 is 0. The lowest BCUT2D eigenvalue weighted by Gasteiger charge is -2.34. The third-order valence-electron chi connectivity index (χ3n) is 3.89. The van der Waals surface area contributed by atoms with Gasteiger partial charge in [0.1, 0.15) is 0 Å². The molecule has 1 fully saturated rings. The molecule has 0 saturated carbocycles. The zero-order chi connectivity index (χ0) is 13.5. The Hall–Kier alpha value is -1.75. The summed E-state index contributed by atoms with van der Waals surface area (Å²) in [6.45, 7) is 3.24. The van der Waals surface area contributed by atoms with E-state index in [1.54, 1.807) is 25.1 Å². The molecule has 0 spiro atoms. The largest absolute Gasteiger partial charge is 0.481 e. The maximum absolute atomic E-state index is 11.7. The number of hydrogen-bond acceptors (Lipinski definition) is 4. The SMILES string of the molecule is CC(CC1COC1)(C(=O)O)c1ccc2c(c1)OCO2. The summed E-state index contributed by atoms with van der Waals surface area (Å²) in [5, 5.41) is 9.59. The topological polar surface area (TPSA) is 65.0 Å². The molecule has 102 valence electrons. The second-order valence-corrected chi connectivity index (χ2v) is 5.31. The van der Waals surface area contributed by atoms with E-state index in [1.807, 2.05) is 0 Å². The molecule has 2 aliphatic rings. The van der Waals surface area contributed by atoms with Crippen LogP contribution in [0.5, 0.6) is 11.5 Å². The highest BCUT2D eigenvalue weighted by Crippen LogP contribution is 2.40. The fourth-order valence-corrected chi connectivity index (χ4v) is 2.55. The molecule has 19 heavy (non-hydrogen) atoms. The lowest BCUT2D eigenvalue weighted by atomic mass is 9.75. The van der Waals surface area contributed by atoms with Gasteiger partial charge in [0, 0.05) is 5.92 Å². The van der Waals surface area contributed by atoms with E-state index in [1.165, 1.54) is 0 Å². The van der Waals surface area contributed by atoms with Crippen molar-refractivity contribution in [1.82, 2.24) is 0 Å². The summed E-state index contributed by atoms with van der Waals surface area (Å²) in [7, 11) is 0. The van der Waals surface area contributed by atoms with E-state index in [0.717, 1.165) is 5.56 Å². The van der Waals surface area contributed by atoms with E-state index in [2.05, 4.69) is 0 Å². The van der Waals surface area contributed by atoms with Crippen LogP contribution in [0, 0.1) is 5.92 Å². The van der Waals surface area contributed by atoms with Gasteiger partial charge in [0.2, 0.25) is 6.79 Å². The minimum atomic E-state index is -0.921. The van der Waals surface area contributed by atoms with E-state index >= 15 is 0 Å². The Bertz CT molecular complexity index is 509. The summed E-state index contributed by atoms with van der Waals surface area (Å²) in [5.41, 5.74) is -0.175. The number of carboxylic acid groups (broad SMARTS) is 1. The smallest absolute Gasteiger partial charge is 0.313 e. The molecule has 0 aromatic heterocycles. The standard InChI is InChI=1S/C14H16O5/c1-14(13(15)16,5-9-6-17-7-9)10-2-3-11-12(4-10)19-8-18-11/h2-4,9H,5-8H2,1H3,(H,15,16). The lowest BCUT2D eigenvalue weighted by Crippen LogP contribution is -2.40. The Morgan fingerprint density at radius 1 is 1.37 bits per heavy atom. The fourth-order valence-electron chi connectivity index (χ4n) is 2.55. The molecule has 1 aromatic carbocycles. The summed E-state index contributed by atoms with van der Waals surface area (Å²) < 4.78 is 15.7. The molecule has 5 heteroatoms. The first kappa shape index (κ1) is 12.3. The average Bonchev–Trinajstić information content (AvgIpc) is 2.80. The molecular weight excluding hydrogens is 248 g/mol. The Morgan fingerprint density at radius 3 is 2.74 bits per heavy atom. The summed E-state index contributed by atoms with van der Waals surface area (Å²) in [6, 6.07) is 5.35. The number of aliphatic carboxylic acids is 1. The molecule has 0 amide bonds. The van der Waals surface area contributed by atoms with Crippen molar-refractivity contribution >= 4 is 5.97 Å². The van der Waals surface area contributed by atoms with Gasteiger partial charge in [-0.05, 0) is 31.0 Å². The van der Waals surface area contributed by atoms with E-state index in [4.69, 9.17) is 14.2 Å². The highest BCUT2D eigenvalue weighted by atomic mass is 16.7. The van der Waals surface area contributed by atoms with Gasteiger partial charge in [0.25, 0.3) is 0 Å². The fraction of sp³-hybridized carbons (Fsp3) is 0.500. The first-order valence-electron chi connectivity index (χ1n) is 6.31. The van der Waals surface area contributed by atoms with Crippen molar-refractivity contribution in [2.45, 2.75) is 18.8 Å². The molecule has 1 unspecified atom stereocenters. The minimum Gasteiger partial charge on any atom is -0.481 e. The molecule has 0 aliphatic carbocycles. The third kappa shape index (κ3) is 2.04. The molecule has 5 nitrogen and oxygen atoms in total. The van der Waals surface area contributed by atoms with E-state index < -0.39 is 11.4 Å². The van der Waals surface area contributed by atoms with Gasteiger partial charge >= 0.3 is 5.97 Å². The van der Waals surface area contributed by atoms with E-state index in [9.17, 15) is 9.90 Å². The predicted molar refractivity (Wildman–Crippen MR) is 66.5 cm³/mol. The Labute approximate surface area is 111 Å². The van der Waals surface area contributed by atoms with Crippen molar-refractivity contribution in [3.63, 3.8) is 0 Å². The third-order valence-corrected chi connectivity index (χ3v) is 3.89. The van der Waals surface area contributed by atoms with Crippen molar-refractivity contribution in [2.75, 3.05) is 20.0 Å². The van der Waals surface area contributed by atoms with Crippen LogP contribution in [-0.4, -0.2) is 31.1 Å². The maximum atomic E-state index is 11.7. The molecule has 2 aliphatic heterocycles. The van der Waals surface area contributed by atoms with Crippen LogP contribution in [0.1, 0.15) is 18.9 Å². The normalized spacial score (nSPS) is 20.7. The van der Waals surface area contributed by atoms with Crippen LogP contribution in [0.4, 0.5) is 0 Å². The number of hydrogen-bond donors (Lipinski definition) is 1. The van der Waals surface area contributed by atoms with E-state index in [-0.39, 0.29) is 6.79 Å². The van der Waals surface area contributed by atoms with Crippen LogP contribution in [0.15, 0.2) is 18.2 Å². The van der Waals surface area contributed by atoms with Crippen molar-refractivity contribution < 1.29 is 24.1 Å². The number of carbonyl (C=O) groups is 1. The van der Waals surface area contributed by atoms with Crippen molar-refractivity contribution in [3.8, 4) is 11.5 Å². The first-order valence-corrected chi connectivity index (χ1v) is 6.31. The van der Waals surface area contributed by atoms with Gasteiger partial charge in [-0.2, -0.15) is 0 Å². The first-order chi connectivity index (χ1) is 9.09. The molecular formula is C14H16O5. The van der Waals surface area contributed by atoms with Crippen LogP contribution in [-0.2, 0) is 14.9 Å². The van der Waals surface area contributed by atoms with E-state index in [0.29, 0.717) is 37.1 Å². The number of carboxylic acids is 1. The monoisotopic (exact) mass is 264 g/mol. The highest BCUT2D eigenvalue weighted by Gasteiger charge is 2.40. The summed E-state index contributed by atoms with van der Waals surface area (Å²) in [5.74, 6) is 0.781. The lowest BCUT2D eigenvalue weighted by molar-refractivity contribution is -0.145. The zero-order valence-electron chi connectivity index (χ0n) is 10.7. The molecule has 2 heterocycles. The second kappa shape index (κ2) is 4.42. The summed E-state index contributed by atoms with van der Waals surface area (Å²) in [4.78, 5) is 11.7. The van der Waals surface area contributed by atoms with Gasteiger partial charge in [0.05, 0.1) is 18.6 Å². The molecule has 1 N–H and O–H groups in total. The molecule has 1 aromatic rings. The van der Waals surface area contributed by atoms with Crippen molar-refractivity contribution in [1.29, 1.82) is 0 Å². The minimum absolute atomic E-state index is 0.193. The summed E-state index contributed by atoms with van der Waals surface area (Å²) in [6.07, 6.45) is 0.571. The van der Waals surface area contributed by atoms with Gasteiger partial charge < -0.3 is 19.3 Å². The molecule has 0 bridgehead atoms. The average molecular weight is 264 g/mol. The van der Waals surface area contributed by atoms with Crippen molar-refractivity contribution in [2.24, 2.45) is 5.92 Å². The van der Waals surface area contributed by atoms with Gasteiger partial charge in [-0.3, -0.25) is 4.79 Å². The quantitative estimate of drug-likeness (QED) is 0.898. The second-order valence-electron chi connectivity index (χ2n) is 5.31. The highest BCUT2D eigenvalue weighted by molar-refractivity contribution is 5.81. The molecule has 3 rings (SSSR count). The number of rotatable bonds is 4. The molecule has 0 radical (unpaired) electrons. The number of fused-ring (bicyclic) bond motifs is 1. The van der Waals surface area contributed by atoms with Gasteiger partial charge in [-0.15, -0.1) is 0 Å². The van der Waals surface area contributed by atoms with Crippen LogP contribution in [0.2, 0.25) is 0 Å². The zero-order valence-corrected chi connectivity index (χ0v) is 10.7. The number of benzene rings is 1. The van der Waals surface area contributed by atoms with Gasteiger partial charge in [-0.1, -0.05) is 6.07 Å². The van der Waals surface area contributed by atoms with Gasteiger partial charge in [-0.25, -0.2) is 0 Å². The predicted octanol–water partition coefficient (Wildman–Crippen LogP) is 1.79. The Morgan fingerprint density at radius 2 is 2.11 bits per heavy atom. The Balaban J connectivity index is 1.92. The van der Waals surface area contributed by atoms with Gasteiger partial charge in [0.15, 0.2) is 11.5 Å². The number of ether oxygens (including phenoxy) is 3. The Kier molecular flexibility index (Phi) is 2.86.